The van der Waals surface area contributed by atoms with Crippen molar-refractivity contribution in [2.24, 2.45) is 0 Å². The third-order valence-electron chi connectivity index (χ3n) is 8.19. The predicted molar refractivity (Wildman–Crippen MR) is 159 cm³/mol. The van der Waals surface area contributed by atoms with Crippen molar-refractivity contribution >= 4 is 34.4 Å². The predicted octanol–water partition coefficient (Wildman–Crippen LogP) is 5.32. The smallest absolute Gasteiger partial charge is 0.251 e. The molecule has 1 aromatic heterocycles. The first kappa shape index (κ1) is 27.1. The van der Waals surface area contributed by atoms with Gasteiger partial charge in [0.15, 0.2) is 0 Å². The number of aryl methyl sites for hydroxylation is 2. The van der Waals surface area contributed by atoms with Crippen molar-refractivity contribution in [3.05, 3.63) is 65.4 Å². The maximum absolute atomic E-state index is 13.8. The normalized spacial score (nSPS) is 18.1. The maximum atomic E-state index is 13.8. The van der Waals surface area contributed by atoms with E-state index in [4.69, 9.17) is 0 Å². The number of rotatable bonds is 9. The summed E-state index contributed by atoms with van der Waals surface area (Å²) in [4.78, 5) is 13.8. The fraction of sp³-hybridized carbons (Fsp3) is 0.516. The summed E-state index contributed by atoms with van der Waals surface area (Å²) in [6.07, 6.45) is 10.6. The SMILES string of the molecule is CCn1cc2c3c(cc(C(=O)N[C@@H](Cc4ccccc4)[C@H](O)CNC4CCCCCC4)cc31)N(C)SCC2. The van der Waals surface area contributed by atoms with Gasteiger partial charge >= 0.3 is 0 Å². The van der Waals surface area contributed by atoms with Gasteiger partial charge in [-0.15, -0.1) is 0 Å². The first-order valence-electron chi connectivity index (χ1n) is 14.3. The highest BCUT2D eigenvalue weighted by atomic mass is 32.2. The average Bonchev–Trinajstić information content (AvgIpc) is 3.06. The van der Waals surface area contributed by atoms with Gasteiger partial charge in [-0.1, -0.05) is 56.0 Å². The Kier molecular flexibility index (Phi) is 8.97. The lowest BCUT2D eigenvalue weighted by Gasteiger charge is -2.27. The Balaban J connectivity index is 1.38. The molecule has 2 heterocycles. The van der Waals surface area contributed by atoms with Crippen molar-refractivity contribution in [2.75, 3.05) is 23.7 Å². The van der Waals surface area contributed by atoms with Gasteiger partial charge in [0.25, 0.3) is 5.91 Å². The van der Waals surface area contributed by atoms with Crippen molar-refractivity contribution < 1.29 is 9.90 Å². The zero-order chi connectivity index (χ0) is 26.5. The molecule has 3 aromatic rings. The zero-order valence-corrected chi connectivity index (χ0v) is 23.6. The number of hydrogen-bond donors (Lipinski definition) is 3. The Morgan fingerprint density at radius 1 is 1.13 bits per heavy atom. The molecule has 204 valence electrons. The van der Waals surface area contributed by atoms with Gasteiger partial charge in [-0.2, -0.15) is 0 Å². The lowest BCUT2D eigenvalue weighted by atomic mass is 9.99. The second-order valence-electron chi connectivity index (χ2n) is 10.8. The summed E-state index contributed by atoms with van der Waals surface area (Å²) in [5.41, 5.74) is 5.29. The molecule has 0 spiro atoms. The summed E-state index contributed by atoms with van der Waals surface area (Å²) < 4.78 is 4.45. The highest BCUT2D eigenvalue weighted by Gasteiger charge is 2.26. The van der Waals surface area contributed by atoms with Gasteiger partial charge in [-0.25, -0.2) is 0 Å². The number of carbonyl (C=O) groups excluding carboxylic acids is 1. The van der Waals surface area contributed by atoms with Crippen LogP contribution in [-0.2, 0) is 19.4 Å². The Hall–Kier alpha value is -2.48. The summed E-state index contributed by atoms with van der Waals surface area (Å²) in [6.45, 7) is 3.49. The molecule has 1 aliphatic heterocycles. The molecule has 1 aliphatic carbocycles. The Labute approximate surface area is 231 Å². The highest BCUT2D eigenvalue weighted by molar-refractivity contribution is 8.00. The largest absolute Gasteiger partial charge is 0.390 e. The molecule has 1 amide bonds. The number of aliphatic hydroxyl groups is 1. The van der Waals surface area contributed by atoms with Crippen LogP contribution < -0.4 is 14.9 Å². The highest BCUT2D eigenvalue weighted by Crippen LogP contribution is 2.38. The van der Waals surface area contributed by atoms with Gasteiger partial charge in [-0.3, -0.25) is 4.79 Å². The fourth-order valence-corrected chi connectivity index (χ4v) is 6.87. The first-order chi connectivity index (χ1) is 18.5. The molecule has 0 bridgehead atoms. The number of nitrogens with one attached hydrogen (secondary N) is 2. The molecular formula is C31H42N4O2S. The third kappa shape index (κ3) is 6.22. The monoisotopic (exact) mass is 534 g/mol. The quantitative estimate of drug-likeness (QED) is 0.256. The molecule has 2 aliphatic rings. The van der Waals surface area contributed by atoms with Crippen LogP contribution >= 0.6 is 11.9 Å². The lowest BCUT2D eigenvalue weighted by Crippen LogP contribution is -2.50. The minimum absolute atomic E-state index is 0.134. The number of hydrogen-bond acceptors (Lipinski definition) is 5. The van der Waals surface area contributed by atoms with Gasteiger partial charge in [0, 0.05) is 49.1 Å². The summed E-state index contributed by atoms with van der Waals surface area (Å²) in [5.74, 6) is 0.889. The molecule has 7 heteroatoms. The van der Waals surface area contributed by atoms with Crippen LogP contribution in [0.3, 0.4) is 0 Å². The number of amides is 1. The molecule has 5 rings (SSSR count). The van der Waals surface area contributed by atoms with Gasteiger partial charge in [0.2, 0.25) is 0 Å². The standard InChI is InChI=1S/C31H42N4O2S/c1-3-35-21-23-15-16-38-34(2)27-18-24(19-28(35)30(23)27)31(37)33-26(17-22-11-7-6-8-12-22)29(36)20-32-25-13-9-4-5-10-14-25/h6-8,11-12,18-19,21,25-26,29,32,36H,3-5,9-10,13-17,20H2,1-2H3,(H,33,37)/t26-,29+/m0/s1. The molecule has 0 saturated heterocycles. The number of anilines is 1. The molecule has 38 heavy (non-hydrogen) atoms. The zero-order valence-electron chi connectivity index (χ0n) is 22.8. The topological polar surface area (TPSA) is 69.5 Å². The molecule has 0 unspecified atom stereocenters. The van der Waals surface area contributed by atoms with Crippen LogP contribution in [0.5, 0.6) is 0 Å². The molecule has 1 saturated carbocycles. The van der Waals surface area contributed by atoms with Crippen LogP contribution in [0.15, 0.2) is 48.7 Å². The van der Waals surface area contributed by atoms with E-state index in [0.717, 1.165) is 48.3 Å². The van der Waals surface area contributed by atoms with Crippen LogP contribution in [0.25, 0.3) is 10.9 Å². The van der Waals surface area contributed by atoms with Crippen LogP contribution in [0.2, 0.25) is 0 Å². The van der Waals surface area contributed by atoms with E-state index in [1.807, 2.05) is 30.3 Å². The Bertz CT molecular complexity index is 1220. The minimum Gasteiger partial charge on any atom is -0.390 e. The van der Waals surface area contributed by atoms with Crippen molar-refractivity contribution in [2.45, 2.75) is 83.0 Å². The number of nitrogens with zero attached hydrogens (tertiary/aromatic N) is 2. The molecule has 1 fully saturated rings. The number of benzene rings is 2. The number of aromatic nitrogens is 1. The summed E-state index contributed by atoms with van der Waals surface area (Å²) >= 11 is 1.79. The van der Waals surface area contributed by atoms with Crippen LogP contribution in [-0.4, -0.2) is 53.1 Å². The van der Waals surface area contributed by atoms with Gasteiger partial charge < -0.3 is 24.6 Å². The second-order valence-corrected chi connectivity index (χ2v) is 12.1. The van der Waals surface area contributed by atoms with Gasteiger partial charge in [0.05, 0.1) is 23.3 Å². The fourth-order valence-electron chi connectivity index (χ4n) is 6.00. The van der Waals surface area contributed by atoms with Crippen LogP contribution in [0, 0.1) is 0 Å². The Morgan fingerprint density at radius 3 is 2.63 bits per heavy atom. The summed E-state index contributed by atoms with van der Waals surface area (Å²) in [6, 6.07) is 14.2. The second kappa shape index (κ2) is 12.6. The number of carbonyl (C=O) groups is 1. The van der Waals surface area contributed by atoms with E-state index < -0.39 is 12.1 Å². The van der Waals surface area contributed by atoms with E-state index in [1.54, 1.807) is 11.9 Å². The number of aliphatic hydroxyl groups excluding tert-OH is 1. The Morgan fingerprint density at radius 2 is 1.89 bits per heavy atom. The van der Waals surface area contributed by atoms with Crippen molar-refractivity contribution in [1.82, 2.24) is 15.2 Å². The summed E-state index contributed by atoms with van der Waals surface area (Å²) in [7, 11) is 2.08. The van der Waals surface area contributed by atoms with E-state index in [0.29, 0.717) is 24.6 Å². The van der Waals surface area contributed by atoms with Crippen LogP contribution in [0.4, 0.5) is 5.69 Å². The molecule has 2 aromatic carbocycles. The minimum atomic E-state index is -0.683. The average molecular weight is 535 g/mol. The van der Waals surface area contributed by atoms with Crippen LogP contribution in [0.1, 0.15) is 66.9 Å². The van der Waals surface area contributed by atoms with Crippen molar-refractivity contribution in [1.29, 1.82) is 0 Å². The van der Waals surface area contributed by atoms with Gasteiger partial charge in [0.1, 0.15) is 0 Å². The van der Waals surface area contributed by atoms with E-state index in [2.05, 4.69) is 51.8 Å². The third-order valence-corrected chi connectivity index (χ3v) is 9.16. The first-order valence-corrected chi connectivity index (χ1v) is 15.3. The lowest BCUT2D eigenvalue weighted by molar-refractivity contribution is 0.0823. The molecule has 3 N–H and O–H groups in total. The van der Waals surface area contributed by atoms with E-state index in [9.17, 15) is 9.90 Å². The van der Waals surface area contributed by atoms with Gasteiger partial charge in [-0.05, 0) is 67.8 Å². The molecule has 6 nitrogen and oxygen atoms in total. The molecular weight excluding hydrogens is 492 g/mol. The van der Waals surface area contributed by atoms with E-state index in [-0.39, 0.29) is 5.91 Å². The molecule has 0 radical (unpaired) electrons. The molecule has 2 atom stereocenters. The van der Waals surface area contributed by atoms with Crippen molar-refractivity contribution in [3.8, 4) is 0 Å². The maximum Gasteiger partial charge on any atom is 0.251 e. The van der Waals surface area contributed by atoms with E-state index in [1.165, 1.54) is 36.6 Å². The van der Waals surface area contributed by atoms with E-state index >= 15 is 0 Å². The summed E-state index contributed by atoms with van der Waals surface area (Å²) in [5, 5.41) is 19.4. The van der Waals surface area contributed by atoms with Crippen molar-refractivity contribution in [3.63, 3.8) is 0 Å².